The molecule has 2 aliphatic rings. The molecule has 1 saturated heterocycles. The monoisotopic (exact) mass is 256 g/mol. The summed E-state index contributed by atoms with van der Waals surface area (Å²) in [5, 5.41) is 12.9. The van der Waals surface area contributed by atoms with Gasteiger partial charge >= 0.3 is 0 Å². The summed E-state index contributed by atoms with van der Waals surface area (Å²) in [5.41, 5.74) is 1.96. The lowest BCUT2D eigenvalue weighted by atomic mass is 9.88. The smallest absolute Gasteiger partial charge is 0.0994 e. The second-order valence-electron chi connectivity index (χ2n) is 5.64. The summed E-state index contributed by atoms with van der Waals surface area (Å²) in [6.07, 6.45) is 4.67. The summed E-state index contributed by atoms with van der Waals surface area (Å²) in [4.78, 5) is 0. The Balaban J connectivity index is 1.70. The molecule has 0 spiro atoms. The molecule has 0 amide bonds. The van der Waals surface area contributed by atoms with Gasteiger partial charge in [-0.05, 0) is 37.3 Å². The Hall–Kier alpha value is -1.37. The molecule has 100 valence electrons. The lowest BCUT2D eigenvalue weighted by molar-refractivity contribution is 0.0316. The van der Waals surface area contributed by atoms with Crippen LogP contribution in [0.2, 0.25) is 0 Å². The molecule has 0 unspecified atom stereocenters. The molecule has 1 aliphatic heterocycles. The number of nitriles is 1. The molecule has 3 heteroatoms. The van der Waals surface area contributed by atoms with Crippen molar-refractivity contribution in [3.8, 4) is 6.07 Å². The predicted octanol–water partition coefficient (Wildman–Crippen LogP) is 2.26. The summed E-state index contributed by atoms with van der Waals surface area (Å²) in [6.45, 7) is 1.67. The Labute approximate surface area is 114 Å². The van der Waals surface area contributed by atoms with Crippen LogP contribution in [0.15, 0.2) is 24.3 Å². The number of nitrogens with zero attached hydrogens (tertiary/aromatic N) is 1. The molecule has 1 N–H and O–H groups in total. The maximum absolute atomic E-state index is 9.17. The van der Waals surface area contributed by atoms with Gasteiger partial charge in [0, 0.05) is 24.6 Å². The second-order valence-corrected chi connectivity index (χ2v) is 5.64. The van der Waals surface area contributed by atoms with E-state index < -0.39 is 0 Å². The van der Waals surface area contributed by atoms with E-state index in [0.717, 1.165) is 43.2 Å². The number of ether oxygens (including phenoxy) is 1. The molecule has 1 saturated carbocycles. The third kappa shape index (κ3) is 3.15. The highest BCUT2D eigenvalue weighted by atomic mass is 16.5. The summed E-state index contributed by atoms with van der Waals surface area (Å²) >= 11 is 0. The van der Waals surface area contributed by atoms with Crippen molar-refractivity contribution in [1.82, 2.24) is 5.32 Å². The average Bonchev–Trinajstić information content (AvgIpc) is 3.26. The van der Waals surface area contributed by atoms with Crippen LogP contribution < -0.4 is 5.32 Å². The van der Waals surface area contributed by atoms with Crippen LogP contribution in [0.4, 0.5) is 0 Å². The Morgan fingerprint density at radius 3 is 2.89 bits per heavy atom. The maximum Gasteiger partial charge on any atom is 0.0994 e. The van der Waals surface area contributed by atoms with Gasteiger partial charge in [-0.15, -0.1) is 0 Å². The molecule has 0 radical (unpaired) electrons. The maximum atomic E-state index is 9.17. The van der Waals surface area contributed by atoms with Crippen molar-refractivity contribution in [2.45, 2.75) is 37.8 Å². The minimum Gasteiger partial charge on any atom is -0.381 e. The molecular weight excluding hydrogens is 236 g/mol. The molecule has 1 aromatic carbocycles. The van der Waals surface area contributed by atoms with Gasteiger partial charge in [-0.2, -0.15) is 5.26 Å². The van der Waals surface area contributed by atoms with Crippen molar-refractivity contribution < 1.29 is 4.74 Å². The highest BCUT2D eigenvalue weighted by Gasteiger charge is 2.31. The standard InChI is InChI=1S/C16H20N2O/c17-10-13-4-2-1-3-12(13)9-14-11-19-8-7-16(14)18-15-5-6-15/h1-4,14-16,18H,5-9,11H2/t14-,16-/m0/s1. The first-order chi connectivity index (χ1) is 9.36. The van der Waals surface area contributed by atoms with Crippen molar-refractivity contribution in [2.75, 3.05) is 13.2 Å². The zero-order valence-electron chi connectivity index (χ0n) is 11.1. The molecule has 1 heterocycles. The topological polar surface area (TPSA) is 45.0 Å². The third-order valence-corrected chi connectivity index (χ3v) is 4.12. The van der Waals surface area contributed by atoms with Crippen LogP contribution in [0.25, 0.3) is 0 Å². The van der Waals surface area contributed by atoms with Crippen LogP contribution in [-0.2, 0) is 11.2 Å². The van der Waals surface area contributed by atoms with Crippen molar-refractivity contribution in [2.24, 2.45) is 5.92 Å². The molecule has 2 atom stereocenters. The van der Waals surface area contributed by atoms with E-state index in [1.807, 2.05) is 18.2 Å². The van der Waals surface area contributed by atoms with E-state index in [1.165, 1.54) is 12.8 Å². The van der Waals surface area contributed by atoms with Crippen molar-refractivity contribution in [1.29, 1.82) is 5.26 Å². The van der Waals surface area contributed by atoms with Gasteiger partial charge in [-0.1, -0.05) is 18.2 Å². The van der Waals surface area contributed by atoms with Gasteiger partial charge in [-0.3, -0.25) is 0 Å². The zero-order valence-corrected chi connectivity index (χ0v) is 11.1. The minimum atomic E-state index is 0.490. The Morgan fingerprint density at radius 2 is 2.11 bits per heavy atom. The van der Waals surface area contributed by atoms with Gasteiger partial charge in [0.05, 0.1) is 18.2 Å². The van der Waals surface area contributed by atoms with Crippen LogP contribution in [0.3, 0.4) is 0 Å². The zero-order chi connectivity index (χ0) is 13.1. The molecular formula is C16H20N2O. The fraction of sp³-hybridized carbons (Fsp3) is 0.562. The number of benzene rings is 1. The summed E-state index contributed by atoms with van der Waals surface area (Å²) in [5.74, 6) is 0.490. The van der Waals surface area contributed by atoms with E-state index in [9.17, 15) is 5.26 Å². The van der Waals surface area contributed by atoms with E-state index in [0.29, 0.717) is 12.0 Å². The molecule has 2 fully saturated rings. The van der Waals surface area contributed by atoms with Gasteiger partial charge in [-0.25, -0.2) is 0 Å². The first-order valence-electron chi connectivity index (χ1n) is 7.18. The van der Waals surface area contributed by atoms with E-state index >= 15 is 0 Å². The SMILES string of the molecule is N#Cc1ccccc1C[C@H]1COCC[C@@H]1NC1CC1. The van der Waals surface area contributed by atoms with E-state index in [-0.39, 0.29) is 0 Å². The molecule has 3 rings (SSSR count). The van der Waals surface area contributed by atoms with Crippen molar-refractivity contribution in [3.63, 3.8) is 0 Å². The van der Waals surface area contributed by atoms with E-state index in [1.54, 1.807) is 0 Å². The van der Waals surface area contributed by atoms with Crippen molar-refractivity contribution >= 4 is 0 Å². The molecule has 0 bridgehead atoms. The first kappa shape index (κ1) is 12.7. The summed E-state index contributed by atoms with van der Waals surface area (Å²) in [7, 11) is 0. The predicted molar refractivity (Wildman–Crippen MR) is 73.7 cm³/mol. The summed E-state index contributed by atoms with van der Waals surface area (Å²) in [6, 6.07) is 11.5. The van der Waals surface area contributed by atoms with Gasteiger partial charge in [0.15, 0.2) is 0 Å². The molecule has 19 heavy (non-hydrogen) atoms. The van der Waals surface area contributed by atoms with E-state index in [2.05, 4.69) is 17.5 Å². The normalized spacial score (nSPS) is 26.9. The number of hydrogen-bond donors (Lipinski definition) is 1. The fourth-order valence-corrected chi connectivity index (χ4v) is 2.86. The quantitative estimate of drug-likeness (QED) is 0.898. The van der Waals surface area contributed by atoms with Crippen LogP contribution >= 0.6 is 0 Å². The van der Waals surface area contributed by atoms with Crippen LogP contribution in [0.1, 0.15) is 30.4 Å². The second kappa shape index (κ2) is 5.73. The molecule has 1 aromatic rings. The Bertz CT molecular complexity index is 476. The lowest BCUT2D eigenvalue weighted by Crippen LogP contribution is -2.44. The lowest BCUT2D eigenvalue weighted by Gasteiger charge is -2.32. The number of hydrogen-bond acceptors (Lipinski definition) is 3. The van der Waals surface area contributed by atoms with Gasteiger partial charge < -0.3 is 10.1 Å². The molecule has 1 aliphatic carbocycles. The first-order valence-corrected chi connectivity index (χ1v) is 7.18. The van der Waals surface area contributed by atoms with Crippen LogP contribution in [-0.4, -0.2) is 25.3 Å². The number of rotatable bonds is 4. The largest absolute Gasteiger partial charge is 0.381 e. The van der Waals surface area contributed by atoms with Crippen LogP contribution in [0.5, 0.6) is 0 Å². The Kier molecular flexibility index (Phi) is 3.82. The van der Waals surface area contributed by atoms with E-state index in [4.69, 9.17) is 4.74 Å². The minimum absolute atomic E-state index is 0.490. The third-order valence-electron chi connectivity index (χ3n) is 4.12. The Morgan fingerprint density at radius 1 is 1.26 bits per heavy atom. The van der Waals surface area contributed by atoms with Crippen molar-refractivity contribution in [3.05, 3.63) is 35.4 Å². The highest BCUT2D eigenvalue weighted by Crippen LogP contribution is 2.26. The number of nitrogens with one attached hydrogen (secondary N) is 1. The van der Waals surface area contributed by atoms with Crippen LogP contribution in [0, 0.1) is 17.2 Å². The summed E-state index contributed by atoms with van der Waals surface area (Å²) < 4.78 is 5.64. The fourth-order valence-electron chi connectivity index (χ4n) is 2.86. The molecule has 3 nitrogen and oxygen atoms in total. The van der Waals surface area contributed by atoms with Gasteiger partial charge in [0.25, 0.3) is 0 Å². The highest BCUT2D eigenvalue weighted by molar-refractivity contribution is 5.37. The molecule has 0 aromatic heterocycles. The van der Waals surface area contributed by atoms with Gasteiger partial charge in [0.2, 0.25) is 0 Å². The average molecular weight is 256 g/mol. The van der Waals surface area contributed by atoms with Gasteiger partial charge in [0.1, 0.15) is 0 Å².